The summed E-state index contributed by atoms with van der Waals surface area (Å²) in [7, 11) is 2.95. The second kappa shape index (κ2) is 13.8. The molecule has 0 aliphatic rings. The number of halogens is 1. The Kier molecular flexibility index (Phi) is 9.46. The standard InChI is InChI=1S/C34H30FN5O5/c1-21(41)37-30-16-23(28-5-4-6-33(39-28)45-20-26-8-7-22(19-36)15-27(26)35)9-10-24(30)18-32-38-29-12-11-25(34(42)44-3)17-31(29)40(32)13-14-43-2/h4-12,15-17H,13-14,18,20H2,1-3H3,(H,37,41). The molecular formula is C34H30FN5O5. The molecule has 0 unspecified atom stereocenters. The van der Waals surface area contributed by atoms with E-state index in [2.05, 4.69) is 10.3 Å². The van der Waals surface area contributed by atoms with Crippen LogP contribution in [0.2, 0.25) is 0 Å². The van der Waals surface area contributed by atoms with E-state index in [9.17, 15) is 14.0 Å². The Balaban J connectivity index is 1.44. The van der Waals surface area contributed by atoms with Gasteiger partial charge in [0.25, 0.3) is 0 Å². The quantitative estimate of drug-likeness (QED) is 0.190. The number of benzene rings is 3. The molecule has 3 aromatic carbocycles. The molecule has 0 saturated heterocycles. The number of methoxy groups -OCH3 is 2. The molecule has 228 valence electrons. The van der Waals surface area contributed by atoms with Crippen LogP contribution in [0.3, 0.4) is 0 Å². The predicted octanol–water partition coefficient (Wildman–Crippen LogP) is 5.67. The summed E-state index contributed by atoms with van der Waals surface area (Å²) in [5.74, 6) is -0.184. The molecule has 2 aromatic heterocycles. The molecule has 0 fully saturated rings. The zero-order chi connectivity index (χ0) is 31.9. The highest BCUT2D eigenvalue weighted by atomic mass is 19.1. The van der Waals surface area contributed by atoms with Crippen LogP contribution in [-0.4, -0.2) is 47.2 Å². The number of rotatable bonds is 11. The van der Waals surface area contributed by atoms with Crippen LogP contribution in [0.25, 0.3) is 22.3 Å². The van der Waals surface area contributed by atoms with Gasteiger partial charge >= 0.3 is 5.97 Å². The Labute approximate surface area is 259 Å². The van der Waals surface area contributed by atoms with E-state index in [0.29, 0.717) is 53.5 Å². The summed E-state index contributed by atoms with van der Waals surface area (Å²) in [4.78, 5) is 33.8. The fourth-order valence-electron chi connectivity index (χ4n) is 4.89. The molecule has 0 spiro atoms. The van der Waals surface area contributed by atoms with E-state index in [1.54, 1.807) is 37.4 Å². The highest BCUT2D eigenvalue weighted by Crippen LogP contribution is 2.29. The number of hydrogen-bond acceptors (Lipinski definition) is 8. The second-order valence-electron chi connectivity index (χ2n) is 10.2. The van der Waals surface area contributed by atoms with Gasteiger partial charge in [-0.15, -0.1) is 0 Å². The van der Waals surface area contributed by atoms with Crippen molar-refractivity contribution >= 4 is 28.6 Å². The van der Waals surface area contributed by atoms with Crippen molar-refractivity contribution in [3.63, 3.8) is 0 Å². The summed E-state index contributed by atoms with van der Waals surface area (Å²) in [6.07, 6.45) is 0.384. The average Bonchev–Trinajstić information content (AvgIpc) is 3.39. The highest BCUT2D eigenvalue weighted by molar-refractivity contribution is 5.94. The third-order valence-corrected chi connectivity index (χ3v) is 7.11. The van der Waals surface area contributed by atoms with Crippen LogP contribution in [0.4, 0.5) is 10.1 Å². The number of imidazole rings is 1. The molecule has 45 heavy (non-hydrogen) atoms. The number of ether oxygens (including phenoxy) is 3. The van der Waals surface area contributed by atoms with Crippen LogP contribution in [-0.2, 0) is 33.8 Å². The van der Waals surface area contributed by atoms with Crippen molar-refractivity contribution in [3.8, 4) is 23.2 Å². The van der Waals surface area contributed by atoms with E-state index in [1.165, 1.54) is 32.2 Å². The number of esters is 1. The number of fused-ring (bicyclic) bond motifs is 1. The monoisotopic (exact) mass is 607 g/mol. The third-order valence-electron chi connectivity index (χ3n) is 7.11. The normalized spacial score (nSPS) is 10.8. The van der Waals surface area contributed by atoms with Gasteiger partial charge in [-0.3, -0.25) is 4.79 Å². The minimum atomic E-state index is -0.527. The molecular weight excluding hydrogens is 577 g/mol. The molecule has 0 radical (unpaired) electrons. The fraction of sp³-hybridized carbons (Fsp3) is 0.206. The summed E-state index contributed by atoms with van der Waals surface area (Å²) in [6.45, 7) is 2.31. The van der Waals surface area contributed by atoms with Gasteiger partial charge in [0, 0.05) is 49.9 Å². The Morgan fingerprint density at radius 3 is 2.56 bits per heavy atom. The Morgan fingerprint density at radius 1 is 1.00 bits per heavy atom. The summed E-state index contributed by atoms with van der Waals surface area (Å²) in [5, 5.41) is 11.9. The molecule has 10 nitrogen and oxygen atoms in total. The van der Waals surface area contributed by atoms with Gasteiger partial charge in [0.2, 0.25) is 11.8 Å². The fourth-order valence-corrected chi connectivity index (χ4v) is 4.89. The second-order valence-corrected chi connectivity index (χ2v) is 10.2. The lowest BCUT2D eigenvalue weighted by atomic mass is 10.0. The zero-order valence-electron chi connectivity index (χ0n) is 25.0. The van der Waals surface area contributed by atoms with Crippen LogP contribution in [0.15, 0.2) is 72.8 Å². The molecule has 11 heteroatoms. The van der Waals surface area contributed by atoms with Gasteiger partial charge in [-0.25, -0.2) is 19.2 Å². The Hall–Kier alpha value is -5.60. The van der Waals surface area contributed by atoms with Gasteiger partial charge in [-0.2, -0.15) is 5.26 Å². The van der Waals surface area contributed by atoms with Crippen molar-refractivity contribution in [2.75, 3.05) is 26.1 Å². The van der Waals surface area contributed by atoms with Crippen LogP contribution >= 0.6 is 0 Å². The van der Waals surface area contributed by atoms with Crippen LogP contribution < -0.4 is 10.1 Å². The molecule has 2 heterocycles. The Bertz CT molecular complexity index is 1930. The number of carbonyl (C=O) groups excluding carboxylic acids is 2. The maximum atomic E-state index is 14.3. The van der Waals surface area contributed by atoms with Gasteiger partial charge in [0.05, 0.1) is 47.6 Å². The van der Waals surface area contributed by atoms with E-state index < -0.39 is 11.8 Å². The number of pyridine rings is 1. The molecule has 1 amide bonds. The summed E-state index contributed by atoms with van der Waals surface area (Å²) < 4.78 is 32.3. The predicted molar refractivity (Wildman–Crippen MR) is 165 cm³/mol. The molecule has 5 aromatic rings. The average molecular weight is 608 g/mol. The third kappa shape index (κ3) is 7.14. The van der Waals surface area contributed by atoms with Crippen molar-refractivity contribution in [2.24, 2.45) is 0 Å². The summed E-state index contributed by atoms with van der Waals surface area (Å²) >= 11 is 0. The number of nitrogens with zero attached hydrogens (tertiary/aromatic N) is 4. The van der Waals surface area contributed by atoms with Crippen molar-refractivity contribution in [3.05, 3.63) is 107 Å². The highest BCUT2D eigenvalue weighted by Gasteiger charge is 2.17. The van der Waals surface area contributed by atoms with E-state index in [-0.39, 0.29) is 18.1 Å². The van der Waals surface area contributed by atoms with Gasteiger partial charge in [-0.1, -0.05) is 24.3 Å². The topological polar surface area (TPSA) is 128 Å². The van der Waals surface area contributed by atoms with Crippen LogP contribution in [0.1, 0.15) is 39.8 Å². The maximum absolute atomic E-state index is 14.3. The van der Waals surface area contributed by atoms with E-state index in [0.717, 1.165) is 22.5 Å². The largest absolute Gasteiger partial charge is 0.473 e. The van der Waals surface area contributed by atoms with Gasteiger partial charge in [-0.05, 0) is 48.0 Å². The lowest BCUT2D eigenvalue weighted by Gasteiger charge is -2.14. The first-order valence-corrected chi connectivity index (χ1v) is 14.0. The molecule has 0 bridgehead atoms. The number of hydrogen-bond donors (Lipinski definition) is 1. The van der Waals surface area contributed by atoms with E-state index in [1.807, 2.05) is 34.9 Å². The van der Waals surface area contributed by atoms with Gasteiger partial charge in [0.1, 0.15) is 18.2 Å². The molecule has 0 atom stereocenters. The number of nitrogens with one attached hydrogen (secondary N) is 1. The molecule has 5 rings (SSSR count). The Morgan fingerprint density at radius 2 is 1.82 bits per heavy atom. The maximum Gasteiger partial charge on any atom is 0.337 e. The van der Waals surface area contributed by atoms with Crippen molar-refractivity contribution < 1.29 is 28.2 Å². The van der Waals surface area contributed by atoms with E-state index in [4.69, 9.17) is 24.5 Å². The summed E-state index contributed by atoms with van der Waals surface area (Å²) in [5.41, 5.74) is 5.17. The molecule has 0 aliphatic heterocycles. The lowest BCUT2D eigenvalue weighted by molar-refractivity contribution is -0.114. The molecule has 0 aliphatic carbocycles. The smallest absolute Gasteiger partial charge is 0.337 e. The first kappa shape index (κ1) is 30.8. The SMILES string of the molecule is COCCn1c(Cc2ccc(-c3cccc(OCc4ccc(C#N)cc4F)n3)cc2NC(C)=O)nc2ccc(C(=O)OC)cc21. The van der Waals surface area contributed by atoms with Crippen LogP contribution in [0.5, 0.6) is 5.88 Å². The van der Waals surface area contributed by atoms with Crippen molar-refractivity contribution in [1.82, 2.24) is 14.5 Å². The van der Waals surface area contributed by atoms with Gasteiger partial charge in [0.15, 0.2) is 0 Å². The first-order chi connectivity index (χ1) is 21.8. The number of nitriles is 1. The molecule has 0 saturated carbocycles. The van der Waals surface area contributed by atoms with Gasteiger partial charge < -0.3 is 24.1 Å². The first-order valence-electron chi connectivity index (χ1n) is 14.0. The number of anilines is 1. The molecule has 1 N–H and O–H groups in total. The van der Waals surface area contributed by atoms with Crippen molar-refractivity contribution in [2.45, 2.75) is 26.5 Å². The van der Waals surface area contributed by atoms with E-state index >= 15 is 0 Å². The zero-order valence-corrected chi connectivity index (χ0v) is 25.0. The number of amides is 1. The minimum Gasteiger partial charge on any atom is -0.473 e. The summed E-state index contributed by atoms with van der Waals surface area (Å²) in [6, 6.07) is 22.2. The number of aromatic nitrogens is 3. The van der Waals surface area contributed by atoms with Crippen molar-refractivity contribution in [1.29, 1.82) is 5.26 Å². The minimum absolute atomic E-state index is 0.0602. The lowest BCUT2D eigenvalue weighted by Crippen LogP contribution is -2.12. The number of carbonyl (C=O) groups is 2. The van der Waals surface area contributed by atoms with Crippen LogP contribution in [0, 0.1) is 17.1 Å².